The van der Waals surface area contributed by atoms with E-state index in [9.17, 15) is 0 Å². The summed E-state index contributed by atoms with van der Waals surface area (Å²) >= 11 is 0. The second-order valence-electron chi connectivity index (χ2n) is 5.33. The molecule has 5 nitrogen and oxygen atoms in total. The van der Waals surface area contributed by atoms with Crippen molar-refractivity contribution in [1.82, 2.24) is 15.6 Å². The fraction of sp³-hybridized carbons (Fsp3) is 0.917. The third-order valence-corrected chi connectivity index (χ3v) is 3.70. The van der Waals surface area contributed by atoms with E-state index < -0.39 is 0 Å². The monoisotopic (exact) mass is 239 g/mol. The van der Waals surface area contributed by atoms with Gasteiger partial charge in [0.1, 0.15) is 0 Å². The third kappa shape index (κ3) is 4.52. The number of nitrogens with one attached hydrogen (secondary N) is 2. The standard InChI is InChI=1S/C12H25N5/c1-17-8-5-10(6-9-17)4-7-14-12(16-13)15-11-2-3-11/h10-11H,2-9,13H2,1H3,(H2,14,15,16). The van der Waals surface area contributed by atoms with Crippen molar-refractivity contribution < 1.29 is 0 Å². The molecule has 98 valence electrons. The highest BCUT2D eigenvalue weighted by Crippen LogP contribution is 2.20. The predicted molar refractivity (Wildman–Crippen MR) is 70.6 cm³/mol. The summed E-state index contributed by atoms with van der Waals surface area (Å²) in [5.74, 6) is 7.04. The molecule has 1 heterocycles. The number of nitrogens with two attached hydrogens (primary N) is 1. The van der Waals surface area contributed by atoms with E-state index in [-0.39, 0.29) is 0 Å². The summed E-state index contributed by atoms with van der Waals surface area (Å²) in [7, 11) is 2.20. The average molecular weight is 239 g/mol. The van der Waals surface area contributed by atoms with Crippen LogP contribution in [0.15, 0.2) is 4.99 Å². The van der Waals surface area contributed by atoms with Crippen LogP contribution in [-0.2, 0) is 0 Å². The first-order valence-electron chi connectivity index (χ1n) is 6.74. The van der Waals surface area contributed by atoms with Gasteiger partial charge in [-0.2, -0.15) is 0 Å². The molecular formula is C12H25N5. The number of aliphatic imine (C=N–C) groups is 1. The van der Waals surface area contributed by atoms with Gasteiger partial charge in [-0.25, -0.2) is 5.84 Å². The van der Waals surface area contributed by atoms with Gasteiger partial charge in [0.25, 0.3) is 0 Å². The molecule has 1 aliphatic carbocycles. The molecule has 0 atom stereocenters. The molecule has 2 rings (SSSR count). The number of likely N-dealkylation sites (tertiary alicyclic amines) is 1. The Kier molecular flexibility index (Phi) is 4.62. The van der Waals surface area contributed by atoms with Crippen LogP contribution < -0.4 is 16.6 Å². The minimum Gasteiger partial charge on any atom is -0.353 e. The molecule has 4 N–H and O–H groups in total. The first-order chi connectivity index (χ1) is 8.28. The van der Waals surface area contributed by atoms with Crippen LogP contribution in [0, 0.1) is 5.92 Å². The lowest BCUT2D eigenvalue weighted by Crippen LogP contribution is -2.42. The molecule has 17 heavy (non-hydrogen) atoms. The first-order valence-corrected chi connectivity index (χ1v) is 6.74. The maximum absolute atomic E-state index is 5.44. The molecule has 0 unspecified atom stereocenters. The van der Waals surface area contributed by atoms with E-state index >= 15 is 0 Å². The number of piperidine rings is 1. The molecule has 0 aromatic rings. The van der Waals surface area contributed by atoms with Gasteiger partial charge in [-0.1, -0.05) is 0 Å². The zero-order valence-corrected chi connectivity index (χ0v) is 10.8. The highest BCUT2D eigenvalue weighted by molar-refractivity contribution is 5.79. The smallest absolute Gasteiger partial charge is 0.205 e. The summed E-state index contributed by atoms with van der Waals surface area (Å²) < 4.78 is 0. The van der Waals surface area contributed by atoms with Crippen molar-refractivity contribution in [2.24, 2.45) is 16.8 Å². The highest BCUT2D eigenvalue weighted by atomic mass is 15.3. The number of nitrogens with zero attached hydrogens (tertiary/aromatic N) is 2. The van der Waals surface area contributed by atoms with E-state index in [1.165, 1.54) is 45.2 Å². The van der Waals surface area contributed by atoms with Crippen molar-refractivity contribution in [3.05, 3.63) is 0 Å². The van der Waals surface area contributed by atoms with Crippen molar-refractivity contribution in [2.45, 2.75) is 38.1 Å². The van der Waals surface area contributed by atoms with E-state index in [2.05, 4.69) is 27.7 Å². The van der Waals surface area contributed by atoms with Gasteiger partial charge in [0.2, 0.25) is 5.96 Å². The number of hydrogen-bond donors (Lipinski definition) is 3. The number of guanidine groups is 1. The lowest BCUT2D eigenvalue weighted by atomic mass is 9.94. The van der Waals surface area contributed by atoms with Crippen LogP contribution in [-0.4, -0.2) is 43.6 Å². The number of hydrogen-bond acceptors (Lipinski definition) is 3. The molecule has 1 saturated heterocycles. The normalized spacial score (nSPS) is 23.8. The van der Waals surface area contributed by atoms with E-state index in [1.807, 2.05) is 0 Å². The van der Waals surface area contributed by atoms with Gasteiger partial charge >= 0.3 is 0 Å². The first kappa shape index (κ1) is 12.6. The SMILES string of the molecule is CN1CCC(CCN=C(NN)NC2CC2)CC1. The molecule has 1 saturated carbocycles. The Morgan fingerprint density at radius 1 is 1.29 bits per heavy atom. The fourth-order valence-corrected chi connectivity index (χ4v) is 2.26. The van der Waals surface area contributed by atoms with Gasteiger partial charge in [-0.15, -0.1) is 0 Å². The Bertz CT molecular complexity index is 254. The van der Waals surface area contributed by atoms with Crippen LogP contribution in [0.3, 0.4) is 0 Å². The van der Waals surface area contributed by atoms with Gasteiger partial charge in [0.15, 0.2) is 0 Å². The molecule has 0 radical (unpaired) electrons. The van der Waals surface area contributed by atoms with Crippen LogP contribution in [0.4, 0.5) is 0 Å². The fourth-order valence-electron chi connectivity index (χ4n) is 2.26. The van der Waals surface area contributed by atoms with Crippen molar-refractivity contribution in [3.63, 3.8) is 0 Å². The van der Waals surface area contributed by atoms with Crippen LogP contribution >= 0.6 is 0 Å². The van der Waals surface area contributed by atoms with Gasteiger partial charge in [0, 0.05) is 12.6 Å². The van der Waals surface area contributed by atoms with Crippen LogP contribution in [0.2, 0.25) is 0 Å². The summed E-state index contributed by atoms with van der Waals surface area (Å²) in [5, 5.41) is 3.29. The minimum atomic E-state index is 0.605. The third-order valence-electron chi connectivity index (χ3n) is 3.70. The summed E-state index contributed by atoms with van der Waals surface area (Å²) in [6, 6.07) is 0.605. The van der Waals surface area contributed by atoms with Gasteiger partial charge in [-0.3, -0.25) is 10.4 Å². The van der Waals surface area contributed by atoms with Crippen LogP contribution in [0.25, 0.3) is 0 Å². The number of rotatable bonds is 4. The zero-order chi connectivity index (χ0) is 12.1. The topological polar surface area (TPSA) is 65.7 Å². The van der Waals surface area contributed by atoms with Gasteiger partial charge in [-0.05, 0) is 58.2 Å². The van der Waals surface area contributed by atoms with Crippen LogP contribution in [0.1, 0.15) is 32.1 Å². The summed E-state index contributed by atoms with van der Waals surface area (Å²) in [4.78, 5) is 6.90. The van der Waals surface area contributed by atoms with E-state index in [4.69, 9.17) is 5.84 Å². The molecule has 0 aromatic carbocycles. The van der Waals surface area contributed by atoms with Gasteiger partial charge < -0.3 is 10.2 Å². The second-order valence-corrected chi connectivity index (χ2v) is 5.33. The lowest BCUT2D eigenvalue weighted by Gasteiger charge is -2.28. The van der Waals surface area contributed by atoms with Crippen LogP contribution in [0.5, 0.6) is 0 Å². The Labute approximate surface area is 104 Å². The summed E-state index contributed by atoms with van der Waals surface area (Å²) in [6.45, 7) is 3.35. The highest BCUT2D eigenvalue weighted by Gasteiger charge is 2.22. The molecule has 5 heteroatoms. The van der Waals surface area contributed by atoms with Crippen molar-refractivity contribution in [2.75, 3.05) is 26.7 Å². The maximum Gasteiger partial charge on any atom is 0.205 e. The predicted octanol–water partition coefficient (Wildman–Crippen LogP) is 0.290. The molecule has 0 spiro atoms. The Morgan fingerprint density at radius 3 is 2.59 bits per heavy atom. The lowest BCUT2D eigenvalue weighted by molar-refractivity contribution is 0.214. The molecule has 1 aliphatic heterocycles. The van der Waals surface area contributed by atoms with Crippen molar-refractivity contribution in [1.29, 1.82) is 0 Å². The van der Waals surface area contributed by atoms with E-state index in [0.29, 0.717) is 6.04 Å². The Morgan fingerprint density at radius 2 is 2.00 bits per heavy atom. The van der Waals surface area contributed by atoms with Gasteiger partial charge in [0.05, 0.1) is 0 Å². The summed E-state index contributed by atoms with van der Waals surface area (Å²) in [6.07, 6.45) is 6.30. The summed E-state index contributed by atoms with van der Waals surface area (Å²) in [5.41, 5.74) is 2.65. The average Bonchev–Trinajstić information content (AvgIpc) is 3.14. The molecule has 0 bridgehead atoms. The number of hydrazine groups is 1. The Hall–Kier alpha value is -0.810. The largest absolute Gasteiger partial charge is 0.353 e. The maximum atomic E-state index is 5.44. The molecule has 2 fully saturated rings. The second kappa shape index (κ2) is 6.21. The zero-order valence-electron chi connectivity index (χ0n) is 10.8. The molecule has 0 aromatic heterocycles. The molecule has 0 amide bonds. The van der Waals surface area contributed by atoms with E-state index in [0.717, 1.165) is 18.4 Å². The van der Waals surface area contributed by atoms with Crippen molar-refractivity contribution >= 4 is 5.96 Å². The Balaban J connectivity index is 1.64. The molecular weight excluding hydrogens is 214 g/mol. The quantitative estimate of drug-likeness (QED) is 0.285. The van der Waals surface area contributed by atoms with Crippen molar-refractivity contribution in [3.8, 4) is 0 Å². The van der Waals surface area contributed by atoms with E-state index in [1.54, 1.807) is 0 Å². The minimum absolute atomic E-state index is 0.605. The molecule has 2 aliphatic rings.